The smallest absolute Gasteiger partial charge is 0.306 e. The SMILES string of the molecule is CCC(C)OC(=O)CC1COc2ccc(NC(=O)c3ccc(C#N)cc3)cc2C1O. The van der Waals surface area contributed by atoms with Crippen LogP contribution in [-0.4, -0.2) is 29.7 Å². The fraction of sp³-hybridized carbons (Fsp3) is 0.348. The standard InChI is InChI=1S/C23H24N2O5/c1-3-14(2)30-21(26)10-17-13-29-20-9-8-18(11-19(20)22(17)27)25-23(28)16-6-4-15(12-24)5-7-16/h4-9,11,14,17,22,27H,3,10,13H2,1-2H3,(H,25,28). The number of rotatable bonds is 6. The van der Waals surface area contributed by atoms with E-state index in [9.17, 15) is 14.7 Å². The van der Waals surface area contributed by atoms with Gasteiger partial charge in [0.2, 0.25) is 0 Å². The lowest BCUT2D eigenvalue weighted by Gasteiger charge is -2.30. The number of fused-ring (bicyclic) bond motifs is 1. The van der Waals surface area contributed by atoms with Gasteiger partial charge in [0, 0.05) is 22.7 Å². The van der Waals surface area contributed by atoms with Crippen LogP contribution in [0.3, 0.4) is 0 Å². The Morgan fingerprint density at radius 2 is 2.03 bits per heavy atom. The second kappa shape index (κ2) is 9.42. The first kappa shape index (κ1) is 21.3. The van der Waals surface area contributed by atoms with Gasteiger partial charge < -0.3 is 19.9 Å². The van der Waals surface area contributed by atoms with E-state index >= 15 is 0 Å². The number of nitrogens with one attached hydrogen (secondary N) is 1. The summed E-state index contributed by atoms with van der Waals surface area (Å²) >= 11 is 0. The van der Waals surface area contributed by atoms with Gasteiger partial charge in [-0.3, -0.25) is 9.59 Å². The molecule has 1 aliphatic heterocycles. The fourth-order valence-corrected chi connectivity index (χ4v) is 3.17. The molecule has 0 spiro atoms. The second-order valence-corrected chi connectivity index (χ2v) is 7.32. The molecule has 0 saturated carbocycles. The Morgan fingerprint density at radius 1 is 1.30 bits per heavy atom. The molecule has 1 heterocycles. The Morgan fingerprint density at radius 3 is 2.70 bits per heavy atom. The number of carbonyl (C=O) groups is 2. The van der Waals surface area contributed by atoms with Crippen LogP contribution in [-0.2, 0) is 9.53 Å². The normalized spacial score (nSPS) is 18.3. The highest BCUT2D eigenvalue weighted by Crippen LogP contribution is 2.38. The molecule has 3 atom stereocenters. The topological polar surface area (TPSA) is 109 Å². The highest BCUT2D eigenvalue weighted by Gasteiger charge is 2.32. The van der Waals surface area contributed by atoms with E-state index in [4.69, 9.17) is 14.7 Å². The van der Waals surface area contributed by atoms with Crippen LogP contribution >= 0.6 is 0 Å². The Bertz CT molecular complexity index is 965. The molecular weight excluding hydrogens is 384 g/mol. The zero-order chi connectivity index (χ0) is 21.7. The average Bonchev–Trinajstić information content (AvgIpc) is 2.76. The number of amides is 1. The van der Waals surface area contributed by atoms with Crippen molar-refractivity contribution in [2.24, 2.45) is 5.92 Å². The molecule has 3 unspecified atom stereocenters. The maximum Gasteiger partial charge on any atom is 0.306 e. The predicted molar refractivity (Wildman–Crippen MR) is 110 cm³/mol. The number of nitrogens with zero attached hydrogens (tertiary/aromatic N) is 1. The van der Waals surface area contributed by atoms with Crippen LogP contribution in [0.2, 0.25) is 0 Å². The molecule has 0 radical (unpaired) electrons. The summed E-state index contributed by atoms with van der Waals surface area (Å²) < 4.78 is 11.0. The van der Waals surface area contributed by atoms with Gasteiger partial charge in [0.05, 0.1) is 36.9 Å². The van der Waals surface area contributed by atoms with Gasteiger partial charge in [-0.1, -0.05) is 6.92 Å². The van der Waals surface area contributed by atoms with Gasteiger partial charge in [-0.25, -0.2) is 0 Å². The van der Waals surface area contributed by atoms with Crippen molar-refractivity contribution in [1.82, 2.24) is 0 Å². The van der Waals surface area contributed by atoms with Crippen molar-refractivity contribution in [2.45, 2.75) is 38.9 Å². The van der Waals surface area contributed by atoms with E-state index in [0.717, 1.165) is 6.42 Å². The third-order valence-electron chi connectivity index (χ3n) is 5.10. The number of benzene rings is 2. The van der Waals surface area contributed by atoms with Crippen molar-refractivity contribution in [3.8, 4) is 11.8 Å². The summed E-state index contributed by atoms with van der Waals surface area (Å²) in [6.45, 7) is 3.96. The predicted octanol–water partition coefficient (Wildman–Crippen LogP) is 3.58. The lowest BCUT2D eigenvalue weighted by molar-refractivity contribution is -0.151. The second-order valence-electron chi connectivity index (χ2n) is 7.32. The molecule has 1 amide bonds. The zero-order valence-corrected chi connectivity index (χ0v) is 16.9. The molecule has 156 valence electrons. The summed E-state index contributed by atoms with van der Waals surface area (Å²) in [5.41, 5.74) is 1.89. The van der Waals surface area contributed by atoms with E-state index < -0.39 is 12.0 Å². The lowest BCUT2D eigenvalue weighted by atomic mass is 9.90. The maximum atomic E-state index is 12.5. The number of carbonyl (C=O) groups excluding carboxylic acids is 2. The summed E-state index contributed by atoms with van der Waals surface area (Å²) in [5, 5.41) is 22.4. The zero-order valence-electron chi connectivity index (χ0n) is 16.9. The van der Waals surface area contributed by atoms with Crippen LogP contribution in [0, 0.1) is 17.2 Å². The number of anilines is 1. The van der Waals surface area contributed by atoms with Crippen LogP contribution in [0.1, 0.15) is 54.3 Å². The number of aliphatic hydroxyl groups is 1. The number of aliphatic hydroxyl groups excluding tert-OH is 1. The van der Waals surface area contributed by atoms with Gasteiger partial charge in [0.1, 0.15) is 5.75 Å². The molecule has 2 N–H and O–H groups in total. The van der Waals surface area contributed by atoms with E-state index in [1.807, 2.05) is 19.9 Å². The highest BCUT2D eigenvalue weighted by molar-refractivity contribution is 6.04. The molecule has 7 nitrogen and oxygen atoms in total. The van der Waals surface area contributed by atoms with E-state index in [-0.39, 0.29) is 31.0 Å². The first-order valence-corrected chi connectivity index (χ1v) is 9.87. The average molecular weight is 408 g/mol. The van der Waals surface area contributed by atoms with Crippen molar-refractivity contribution in [3.63, 3.8) is 0 Å². The largest absolute Gasteiger partial charge is 0.493 e. The minimum atomic E-state index is -0.912. The van der Waals surface area contributed by atoms with Gasteiger partial charge in [-0.2, -0.15) is 5.26 Å². The molecule has 2 aromatic carbocycles. The minimum Gasteiger partial charge on any atom is -0.493 e. The fourth-order valence-electron chi connectivity index (χ4n) is 3.17. The van der Waals surface area contributed by atoms with Crippen molar-refractivity contribution in [1.29, 1.82) is 5.26 Å². The summed E-state index contributed by atoms with van der Waals surface area (Å²) in [6.07, 6.45) is -0.312. The van der Waals surface area contributed by atoms with Crippen LogP contribution in [0.4, 0.5) is 5.69 Å². The van der Waals surface area contributed by atoms with E-state index in [1.165, 1.54) is 0 Å². The Labute approximate surface area is 175 Å². The minimum absolute atomic E-state index is 0.0484. The van der Waals surface area contributed by atoms with E-state index in [1.54, 1.807) is 42.5 Å². The Balaban J connectivity index is 1.70. The van der Waals surface area contributed by atoms with Crippen LogP contribution < -0.4 is 10.1 Å². The summed E-state index contributed by atoms with van der Waals surface area (Å²) in [5.74, 6) is -0.617. The Kier molecular flexibility index (Phi) is 6.70. The van der Waals surface area contributed by atoms with Gasteiger partial charge in [-0.15, -0.1) is 0 Å². The monoisotopic (exact) mass is 408 g/mol. The van der Waals surface area contributed by atoms with Gasteiger partial charge >= 0.3 is 5.97 Å². The van der Waals surface area contributed by atoms with Crippen LogP contribution in [0.25, 0.3) is 0 Å². The number of ether oxygens (including phenoxy) is 2. The summed E-state index contributed by atoms with van der Waals surface area (Å²) in [4.78, 5) is 24.5. The highest BCUT2D eigenvalue weighted by atomic mass is 16.5. The molecule has 0 aliphatic carbocycles. The number of esters is 1. The molecule has 1 aliphatic rings. The Hall–Kier alpha value is -3.37. The molecule has 0 bridgehead atoms. The molecular formula is C23H24N2O5. The quantitative estimate of drug-likeness (QED) is 0.707. The first-order valence-electron chi connectivity index (χ1n) is 9.87. The number of hydrogen-bond donors (Lipinski definition) is 2. The molecule has 2 aromatic rings. The van der Waals surface area contributed by atoms with Crippen molar-refractivity contribution in [2.75, 3.05) is 11.9 Å². The van der Waals surface area contributed by atoms with Crippen molar-refractivity contribution < 1.29 is 24.2 Å². The van der Waals surface area contributed by atoms with Crippen LogP contribution in [0.5, 0.6) is 5.75 Å². The third kappa shape index (κ3) is 4.97. The summed E-state index contributed by atoms with van der Waals surface area (Å²) in [7, 11) is 0. The first-order chi connectivity index (χ1) is 14.4. The van der Waals surface area contributed by atoms with Crippen LogP contribution in [0.15, 0.2) is 42.5 Å². The number of hydrogen-bond acceptors (Lipinski definition) is 6. The maximum absolute atomic E-state index is 12.5. The van der Waals surface area contributed by atoms with E-state index in [0.29, 0.717) is 28.1 Å². The lowest BCUT2D eigenvalue weighted by Crippen LogP contribution is -2.29. The van der Waals surface area contributed by atoms with E-state index in [2.05, 4.69) is 5.32 Å². The molecule has 30 heavy (non-hydrogen) atoms. The molecule has 0 fully saturated rings. The molecule has 0 saturated heterocycles. The third-order valence-corrected chi connectivity index (χ3v) is 5.10. The molecule has 0 aromatic heterocycles. The van der Waals surface area contributed by atoms with Crippen molar-refractivity contribution in [3.05, 3.63) is 59.2 Å². The molecule has 3 rings (SSSR count). The molecule has 7 heteroatoms. The van der Waals surface area contributed by atoms with Crippen molar-refractivity contribution >= 4 is 17.6 Å². The van der Waals surface area contributed by atoms with Gasteiger partial charge in [-0.05, 0) is 55.8 Å². The number of nitriles is 1. The van der Waals surface area contributed by atoms with Gasteiger partial charge in [0.25, 0.3) is 5.91 Å². The summed E-state index contributed by atoms with van der Waals surface area (Å²) in [6, 6.07) is 13.3. The van der Waals surface area contributed by atoms with Gasteiger partial charge in [0.15, 0.2) is 0 Å².